The molecule has 0 unspecified atom stereocenters. The second-order valence-corrected chi connectivity index (χ2v) is 5.07. The zero-order valence-electron chi connectivity index (χ0n) is 9.55. The van der Waals surface area contributed by atoms with Gasteiger partial charge in [-0.1, -0.05) is 29.3 Å². The lowest BCUT2D eigenvalue weighted by Crippen LogP contribution is -2.04. The number of pyridine rings is 1. The van der Waals surface area contributed by atoms with Crippen LogP contribution in [0.25, 0.3) is 21.8 Å². The van der Waals surface area contributed by atoms with Gasteiger partial charge in [0.1, 0.15) is 0 Å². The maximum Gasteiger partial charge on any atom is 0.197 e. The van der Waals surface area contributed by atoms with E-state index >= 15 is 0 Å². The van der Waals surface area contributed by atoms with Crippen molar-refractivity contribution in [3.63, 3.8) is 0 Å². The summed E-state index contributed by atoms with van der Waals surface area (Å²) < 4.78 is 0. The largest absolute Gasteiger partial charge is 0.353 e. The Labute approximate surface area is 113 Å². The van der Waals surface area contributed by atoms with Crippen LogP contribution in [0.1, 0.15) is 5.56 Å². The van der Waals surface area contributed by atoms with Gasteiger partial charge in [0.25, 0.3) is 0 Å². The van der Waals surface area contributed by atoms with Gasteiger partial charge in [-0.05, 0) is 36.8 Å². The van der Waals surface area contributed by atoms with E-state index < -0.39 is 0 Å². The monoisotopic (exact) mass is 277 g/mol. The smallest absolute Gasteiger partial charge is 0.197 e. The number of rotatable bonds is 0. The van der Waals surface area contributed by atoms with Gasteiger partial charge in [0.2, 0.25) is 0 Å². The van der Waals surface area contributed by atoms with Gasteiger partial charge in [-0.15, -0.1) is 0 Å². The number of aryl methyl sites for hydroxylation is 1. The minimum Gasteiger partial charge on any atom is -0.353 e. The molecule has 0 saturated carbocycles. The summed E-state index contributed by atoms with van der Waals surface area (Å²) in [6, 6.07) is 9.00. The maximum atomic E-state index is 12.3. The summed E-state index contributed by atoms with van der Waals surface area (Å²) in [5.41, 5.74) is 2.41. The molecule has 0 aliphatic carbocycles. The Bertz CT molecular complexity index is 836. The molecule has 2 aromatic carbocycles. The Balaban J connectivity index is 2.61. The highest BCUT2D eigenvalue weighted by Crippen LogP contribution is 2.29. The molecule has 0 bridgehead atoms. The van der Waals surface area contributed by atoms with Crippen LogP contribution in [0.5, 0.6) is 0 Å². The third-order valence-electron chi connectivity index (χ3n) is 3.02. The fraction of sp³-hybridized carbons (Fsp3) is 0.0714. The summed E-state index contributed by atoms with van der Waals surface area (Å²) in [6.45, 7) is 1.97. The van der Waals surface area contributed by atoms with E-state index in [0.717, 1.165) is 11.1 Å². The third kappa shape index (κ3) is 1.61. The summed E-state index contributed by atoms with van der Waals surface area (Å²) >= 11 is 12.1. The van der Waals surface area contributed by atoms with Crippen molar-refractivity contribution < 1.29 is 0 Å². The molecule has 1 heterocycles. The molecule has 4 heteroatoms. The fourth-order valence-corrected chi connectivity index (χ4v) is 2.47. The molecule has 0 radical (unpaired) electrons. The van der Waals surface area contributed by atoms with Crippen LogP contribution in [-0.4, -0.2) is 4.98 Å². The molecule has 0 amide bonds. The molecule has 0 aliphatic rings. The van der Waals surface area contributed by atoms with Crippen molar-refractivity contribution >= 4 is 45.0 Å². The SMILES string of the molecule is Cc1ccc2c(=O)c3ccc(Cl)c(Cl)c3[nH]c2c1. The lowest BCUT2D eigenvalue weighted by atomic mass is 10.1. The molecule has 2 nitrogen and oxygen atoms in total. The molecular weight excluding hydrogens is 269 g/mol. The van der Waals surface area contributed by atoms with E-state index in [9.17, 15) is 4.79 Å². The molecule has 1 N–H and O–H groups in total. The van der Waals surface area contributed by atoms with E-state index in [-0.39, 0.29) is 5.43 Å². The zero-order valence-corrected chi connectivity index (χ0v) is 11.1. The van der Waals surface area contributed by atoms with Gasteiger partial charge in [-0.25, -0.2) is 0 Å². The molecule has 0 aliphatic heterocycles. The van der Waals surface area contributed by atoms with E-state index in [4.69, 9.17) is 23.2 Å². The van der Waals surface area contributed by atoms with Crippen LogP contribution in [0.4, 0.5) is 0 Å². The number of fused-ring (bicyclic) bond motifs is 2. The molecule has 0 fully saturated rings. The van der Waals surface area contributed by atoms with Crippen molar-refractivity contribution in [3.05, 3.63) is 56.2 Å². The van der Waals surface area contributed by atoms with Crippen molar-refractivity contribution in [2.24, 2.45) is 0 Å². The molecule has 18 heavy (non-hydrogen) atoms. The van der Waals surface area contributed by atoms with Gasteiger partial charge in [0.05, 0.1) is 21.1 Å². The normalized spacial score (nSPS) is 11.3. The van der Waals surface area contributed by atoms with Gasteiger partial charge in [-0.2, -0.15) is 0 Å². The highest BCUT2D eigenvalue weighted by atomic mass is 35.5. The molecule has 90 valence electrons. The number of halogens is 2. The van der Waals surface area contributed by atoms with E-state index in [1.807, 2.05) is 25.1 Å². The first-order valence-corrected chi connectivity index (χ1v) is 6.24. The molecule has 3 aromatic rings. The van der Waals surface area contributed by atoms with Crippen LogP contribution in [0, 0.1) is 6.92 Å². The van der Waals surface area contributed by atoms with E-state index in [0.29, 0.717) is 26.3 Å². The average molecular weight is 278 g/mol. The van der Waals surface area contributed by atoms with Gasteiger partial charge in [-0.3, -0.25) is 4.79 Å². The Hall–Kier alpha value is -1.51. The number of hydrogen-bond donors (Lipinski definition) is 1. The molecular formula is C14H9Cl2NO. The average Bonchev–Trinajstić information content (AvgIpc) is 2.34. The molecule has 0 atom stereocenters. The Kier molecular flexibility index (Phi) is 2.58. The highest BCUT2D eigenvalue weighted by molar-refractivity contribution is 6.45. The molecule has 0 spiro atoms. The predicted molar refractivity (Wildman–Crippen MR) is 76.8 cm³/mol. The predicted octanol–water partition coefficient (Wildman–Crippen LogP) is 4.30. The summed E-state index contributed by atoms with van der Waals surface area (Å²) in [6.07, 6.45) is 0. The lowest BCUT2D eigenvalue weighted by Gasteiger charge is -2.06. The molecule has 3 rings (SSSR count). The lowest BCUT2D eigenvalue weighted by molar-refractivity contribution is 1.43. The first-order valence-electron chi connectivity index (χ1n) is 5.48. The first kappa shape index (κ1) is 11.6. The van der Waals surface area contributed by atoms with Crippen molar-refractivity contribution in [2.45, 2.75) is 6.92 Å². The van der Waals surface area contributed by atoms with Crippen LogP contribution in [0.15, 0.2) is 35.1 Å². The minimum absolute atomic E-state index is 0.0303. The summed E-state index contributed by atoms with van der Waals surface area (Å²) in [4.78, 5) is 15.5. The third-order valence-corrected chi connectivity index (χ3v) is 3.82. The van der Waals surface area contributed by atoms with E-state index in [2.05, 4.69) is 4.98 Å². The molecule has 1 aromatic heterocycles. The Morgan fingerprint density at radius 1 is 1.06 bits per heavy atom. The van der Waals surface area contributed by atoms with Crippen LogP contribution in [-0.2, 0) is 0 Å². The summed E-state index contributed by atoms with van der Waals surface area (Å²) in [7, 11) is 0. The van der Waals surface area contributed by atoms with Crippen LogP contribution in [0.3, 0.4) is 0 Å². The van der Waals surface area contributed by atoms with Crippen molar-refractivity contribution in [1.29, 1.82) is 0 Å². The summed E-state index contributed by atoms with van der Waals surface area (Å²) in [5, 5.41) is 2.04. The van der Waals surface area contributed by atoms with E-state index in [1.165, 1.54) is 0 Å². The number of aromatic nitrogens is 1. The number of hydrogen-bond acceptors (Lipinski definition) is 1. The highest BCUT2D eigenvalue weighted by Gasteiger charge is 2.10. The second-order valence-electron chi connectivity index (χ2n) is 4.29. The van der Waals surface area contributed by atoms with Crippen LogP contribution < -0.4 is 5.43 Å². The van der Waals surface area contributed by atoms with Crippen molar-refractivity contribution in [2.75, 3.05) is 0 Å². The van der Waals surface area contributed by atoms with E-state index in [1.54, 1.807) is 12.1 Å². The number of benzene rings is 2. The second kappa shape index (κ2) is 4.01. The van der Waals surface area contributed by atoms with Gasteiger partial charge in [0.15, 0.2) is 5.43 Å². The van der Waals surface area contributed by atoms with Crippen LogP contribution >= 0.6 is 23.2 Å². The van der Waals surface area contributed by atoms with Gasteiger partial charge < -0.3 is 4.98 Å². The van der Waals surface area contributed by atoms with Crippen LogP contribution in [0.2, 0.25) is 10.0 Å². The first-order chi connectivity index (χ1) is 8.58. The number of nitrogens with one attached hydrogen (secondary N) is 1. The van der Waals surface area contributed by atoms with Crippen molar-refractivity contribution in [1.82, 2.24) is 4.98 Å². The van der Waals surface area contributed by atoms with Gasteiger partial charge >= 0.3 is 0 Å². The standard InChI is InChI=1S/C14H9Cl2NO/c1-7-2-3-8-11(6-7)17-13-9(14(8)18)4-5-10(15)12(13)16/h2-6H,1H3,(H,17,18). The minimum atomic E-state index is -0.0303. The van der Waals surface area contributed by atoms with Gasteiger partial charge in [0, 0.05) is 10.8 Å². The molecule has 0 saturated heterocycles. The number of H-pyrrole nitrogens is 1. The topological polar surface area (TPSA) is 32.9 Å². The summed E-state index contributed by atoms with van der Waals surface area (Å²) in [5.74, 6) is 0. The number of aromatic amines is 1. The van der Waals surface area contributed by atoms with Crippen molar-refractivity contribution in [3.8, 4) is 0 Å². The zero-order chi connectivity index (χ0) is 12.9. The maximum absolute atomic E-state index is 12.3. The fourth-order valence-electron chi connectivity index (χ4n) is 2.10. The Morgan fingerprint density at radius 2 is 1.78 bits per heavy atom. The Morgan fingerprint density at radius 3 is 2.56 bits per heavy atom. The quantitative estimate of drug-likeness (QED) is 0.611.